The van der Waals surface area contributed by atoms with Crippen LogP contribution in [-0.2, 0) is 18.1 Å². The van der Waals surface area contributed by atoms with Crippen LogP contribution in [0.25, 0.3) is 6.08 Å². The summed E-state index contributed by atoms with van der Waals surface area (Å²) in [6.07, 6.45) is 4.25. The van der Waals surface area contributed by atoms with E-state index in [-0.39, 0.29) is 0 Å². The van der Waals surface area contributed by atoms with Crippen molar-refractivity contribution in [1.82, 2.24) is 25.2 Å². The largest absolute Gasteiger partial charge is 0.389 e. The lowest BCUT2D eigenvalue weighted by molar-refractivity contribution is -0.207. The number of aliphatic hydroxyl groups is 2. The first-order chi connectivity index (χ1) is 14.1. The minimum Gasteiger partial charge on any atom is -0.389 e. The molecule has 0 amide bonds. The Morgan fingerprint density at radius 1 is 1.20 bits per heavy atom. The first-order valence-corrected chi connectivity index (χ1v) is 8.73. The smallest absolute Gasteiger partial charge is 0.323 e. The summed E-state index contributed by atoms with van der Waals surface area (Å²) in [5.74, 6) is -6.47. The van der Waals surface area contributed by atoms with E-state index in [1.807, 2.05) is 0 Å². The highest BCUT2D eigenvalue weighted by molar-refractivity contribution is 5.48. The van der Waals surface area contributed by atoms with Crippen LogP contribution in [-0.4, -0.2) is 41.5 Å². The third-order valence-corrected chi connectivity index (χ3v) is 4.35. The molecule has 3 rings (SSSR count). The van der Waals surface area contributed by atoms with E-state index in [9.17, 15) is 19.0 Å². The highest BCUT2D eigenvalue weighted by Gasteiger charge is 2.57. The Bertz CT molecular complexity index is 1030. The van der Waals surface area contributed by atoms with Gasteiger partial charge in [0.1, 0.15) is 23.7 Å². The van der Waals surface area contributed by atoms with E-state index >= 15 is 8.78 Å². The van der Waals surface area contributed by atoms with Crippen molar-refractivity contribution < 1.29 is 27.8 Å². The highest BCUT2D eigenvalue weighted by Crippen LogP contribution is 2.46. The summed E-state index contributed by atoms with van der Waals surface area (Å²) in [7, 11) is 0. The number of alkyl halides is 2. The molecule has 0 aliphatic carbocycles. The Balaban J connectivity index is 2.07. The van der Waals surface area contributed by atoms with Crippen LogP contribution in [0.2, 0.25) is 0 Å². The van der Waals surface area contributed by atoms with Crippen molar-refractivity contribution >= 4 is 6.08 Å². The molecule has 2 N–H and O–H groups in total. The molecule has 2 heterocycles. The molecule has 0 saturated carbocycles. The van der Waals surface area contributed by atoms with Gasteiger partial charge in [-0.1, -0.05) is 18.2 Å². The van der Waals surface area contributed by atoms with Crippen LogP contribution in [0.3, 0.4) is 0 Å². The van der Waals surface area contributed by atoms with Crippen LogP contribution in [0.1, 0.15) is 23.7 Å². The monoisotopic (exact) mass is 423 g/mol. The van der Waals surface area contributed by atoms with Crippen LogP contribution in [0.5, 0.6) is 0 Å². The van der Waals surface area contributed by atoms with Gasteiger partial charge in [-0.05, 0) is 41.1 Å². The molecule has 0 saturated heterocycles. The zero-order valence-electron chi connectivity index (χ0n) is 15.6. The van der Waals surface area contributed by atoms with Gasteiger partial charge in [-0.2, -0.15) is 8.78 Å². The maximum absolute atomic E-state index is 15.5. The SMILES string of the molecule is CC(O)C=Cc1ccc(C(F)(F)C(O)(Cn2cnnn2)c2ccc(F)cc2F)nc1. The second-order valence-electron chi connectivity index (χ2n) is 6.64. The van der Waals surface area contributed by atoms with Crippen molar-refractivity contribution in [3.63, 3.8) is 0 Å². The van der Waals surface area contributed by atoms with E-state index in [0.717, 1.165) is 35.4 Å². The number of benzene rings is 1. The molecule has 0 aliphatic heterocycles. The van der Waals surface area contributed by atoms with Gasteiger partial charge in [-0.25, -0.2) is 13.5 Å². The number of nitrogens with zero attached hydrogens (tertiary/aromatic N) is 5. The maximum atomic E-state index is 15.5. The predicted octanol–water partition coefficient (Wildman–Crippen LogP) is 2.42. The molecule has 0 radical (unpaired) electrons. The van der Waals surface area contributed by atoms with Crippen LogP contribution in [0.15, 0.2) is 48.9 Å². The van der Waals surface area contributed by atoms with Gasteiger partial charge in [-0.3, -0.25) is 4.98 Å². The summed E-state index contributed by atoms with van der Waals surface area (Å²) in [6, 6.07) is 4.16. The second kappa shape index (κ2) is 8.28. The molecule has 30 heavy (non-hydrogen) atoms. The van der Waals surface area contributed by atoms with Crippen molar-refractivity contribution in [3.8, 4) is 0 Å². The molecule has 0 aliphatic rings. The fourth-order valence-corrected chi connectivity index (χ4v) is 2.82. The van der Waals surface area contributed by atoms with Gasteiger partial charge in [0.2, 0.25) is 0 Å². The number of hydrogen-bond acceptors (Lipinski definition) is 6. The summed E-state index contributed by atoms with van der Waals surface area (Å²) in [5.41, 5.74) is -4.46. The van der Waals surface area contributed by atoms with Crippen molar-refractivity contribution in [2.24, 2.45) is 0 Å². The zero-order valence-corrected chi connectivity index (χ0v) is 15.6. The van der Waals surface area contributed by atoms with Gasteiger partial charge in [0.05, 0.1) is 12.6 Å². The molecule has 0 bridgehead atoms. The number of pyridine rings is 1. The Morgan fingerprint density at radius 3 is 2.53 bits per heavy atom. The van der Waals surface area contributed by atoms with Gasteiger partial charge >= 0.3 is 5.92 Å². The van der Waals surface area contributed by atoms with Crippen molar-refractivity contribution in [3.05, 3.63) is 77.4 Å². The number of aliphatic hydroxyl groups excluding tert-OH is 1. The van der Waals surface area contributed by atoms with Crippen LogP contribution in [0, 0.1) is 11.6 Å². The van der Waals surface area contributed by atoms with Crippen molar-refractivity contribution in [2.45, 2.75) is 31.1 Å². The highest BCUT2D eigenvalue weighted by atomic mass is 19.3. The van der Waals surface area contributed by atoms with Gasteiger partial charge in [-0.15, -0.1) is 5.10 Å². The fourth-order valence-electron chi connectivity index (χ4n) is 2.82. The zero-order chi connectivity index (χ0) is 21.9. The molecule has 11 heteroatoms. The summed E-state index contributed by atoms with van der Waals surface area (Å²) >= 11 is 0. The van der Waals surface area contributed by atoms with E-state index in [2.05, 4.69) is 20.5 Å². The minimum absolute atomic E-state index is 0.396. The number of aromatic nitrogens is 5. The lowest BCUT2D eigenvalue weighted by atomic mass is 9.84. The molecule has 0 spiro atoms. The van der Waals surface area contributed by atoms with E-state index < -0.39 is 47.1 Å². The predicted molar refractivity (Wildman–Crippen MR) is 96.9 cm³/mol. The Morgan fingerprint density at radius 2 is 1.97 bits per heavy atom. The fraction of sp³-hybridized carbons (Fsp3) is 0.263. The standard InChI is InChI=1S/C19H17F4N5O2/c1-12(29)2-3-13-4-7-17(24-9-13)19(22,23)18(30,10-28-11-25-26-27-28)15-6-5-14(20)8-16(15)21/h2-9,11-12,29-30H,10H2,1H3. The van der Waals surface area contributed by atoms with E-state index in [1.54, 1.807) is 0 Å². The Hall–Kier alpha value is -3.18. The van der Waals surface area contributed by atoms with Crippen LogP contribution in [0.4, 0.5) is 17.6 Å². The van der Waals surface area contributed by atoms with Gasteiger partial charge in [0, 0.05) is 17.8 Å². The Kier molecular flexibility index (Phi) is 5.94. The average molecular weight is 423 g/mol. The lowest BCUT2D eigenvalue weighted by Crippen LogP contribution is -2.48. The average Bonchev–Trinajstić information content (AvgIpc) is 3.19. The second-order valence-corrected chi connectivity index (χ2v) is 6.64. The first-order valence-electron chi connectivity index (χ1n) is 8.73. The van der Waals surface area contributed by atoms with E-state index in [1.165, 1.54) is 25.1 Å². The van der Waals surface area contributed by atoms with Crippen molar-refractivity contribution in [1.29, 1.82) is 0 Å². The summed E-state index contributed by atoms with van der Waals surface area (Å²) < 4.78 is 59.5. The number of halogens is 4. The summed E-state index contributed by atoms with van der Waals surface area (Å²) in [5, 5.41) is 30.4. The van der Waals surface area contributed by atoms with Crippen LogP contribution >= 0.6 is 0 Å². The van der Waals surface area contributed by atoms with Crippen molar-refractivity contribution in [2.75, 3.05) is 0 Å². The van der Waals surface area contributed by atoms with Gasteiger partial charge in [0.25, 0.3) is 0 Å². The summed E-state index contributed by atoms with van der Waals surface area (Å²) in [4.78, 5) is 3.70. The quantitative estimate of drug-likeness (QED) is 0.567. The molecule has 2 aromatic heterocycles. The van der Waals surface area contributed by atoms with Gasteiger partial charge < -0.3 is 10.2 Å². The molecular weight excluding hydrogens is 406 g/mol. The molecule has 158 valence electrons. The lowest BCUT2D eigenvalue weighted by Gasteiger charge is -2.35. The maximum Gasteiger partial charge on any atom is 0.323 e. The third kappa shape index (κ3) is 4.21. The number of hydrogen-bond donors (Lipinski definition) is 2. The topological polar surface area (TPSA) is 97.0 Å². The minimum atomic E-state index is -4.12. The summed E-state index contributed by atoms with van der Waals surface area (Å²) in [6.45, 7) is 0.587. The molecule has 1 aromatic carbocycles. The number of tetrazole rings is 1. The first kappa shape index (κ1) is 21.5. The van der Waals surface area contributed by atoms with Gasteiger partial charge in [0.15, 0.2) is 5.60 Å². The van der Waals surface area contributed by atoms with Crippen LogP contribution < -0.4 is 0 Å². The molecule has 2 atom stereocenters. The number of rotatable bonds is 7. The molecule has 0 fully saturated rings. The molecule has 7 nitrogen and oxygen atoms in total. The Labute approximate surface area is 168 Å². The molecular formula is C19H17F4N5O2. The van der Waals surface area contributed by atoms with E-state index in [4.69, 9.17) is 0 Å². The molecule has 3 aromatic rings. The molecule has 2 unspecified atom stereocenters. The van der Waals surface area contributed by atoms with E-state index in [0.29, 0.717) is 11.6 Å². The normalized spacial score (nSPS) is 15.3. The third-order valence-electron chi connectivity index (χ3n) is 4.35.